The summed E-state index contributed by atoms with van der Waals surface area (Å²) in [5, 5.41) is 3.06. The molecule has 1 N–H and O–H groups in total. The Hall–Kier alpha value is -1.24. The molecule has 153 valence electrons. The smallest absolute Gasteiger partial charge is 0.410 e. The Kier molecular flexibility index (Phi) is 7.57. The number of ether oxygens (including phenoxy) is 2. The number of amides is 2. The molecule has 26 heavy (non-hydrogen) atoms. The second-order valence-corrected chi connectivity index (χ2v) is 15.7. The predicted molar refractivity (Wildman–Crippen MR) is 107 cm³/mol. The van der Waals surface area contributed by atoms with Crippen molar-refractivity contribution in [3.8, 4) is 0 Å². The standard InChI is InChI=1S/C19H38N2O4Si/c1-15(2)13-19(20-16(22)24-11-12-26(6,7)8)9-10-21(14-19)17(23)25-18(3,4)5/h15H,9-14H2,1-8H3,(H,20,22)/q-1. The number of nitrogens with zero attached hydrogens (tertiary/aromatic N) is 1. The molecule has 0 saturated carbocycles. The normalized spacial score (nSPS) is 21.0. The molecule has 0 spiro atoms. The van der Waals surface area contributed by atoms with Crippen molar-refractivity contribution < 1.29 is 19.1 Å². The van der Waals surface area contributed by atoms with Crippen molar-refractivity contribution in [3.63, 3.8) is 0 Å². The highest BCUT2D eigenvalue weighted by atomic mass is 28.3. The van der Waals surface area contributed by atoms with Gasteiger partial charge in [-0.3, -0.25) is 0 Å². The van der Waals surface area contributed by atoms with Gasteiger partial charge < -0.3 is 19.7 Å². The van der Waals surface area contributed by atoms with Crippen LogP contribution >= 0.6 is 0 Å². The molecule has 1 saturated heterocycles. The van der Waals surface area contributed by atoms with Gasteiger partial charge in [-0.05, 0) is 39.5 Å². The van der Waals surface area contributed by atoms with Crippen LogP contribution in [0.3, 0.4) is 0 Å². The summed E-state index contributed by atoms with van der Waals surface area (Å²) in [5.74, 6) is 0.399. The first-order chi connectivity index (χ1) is 11.7. The first kappa shape index (κ1) is 22.8. The molecule has 6 nitrogen and oxygen atoms in total. The molecule has 7 heteroatoms. The van der Waals surface area contributed by atoms with Crippen LogP contribution in [0.2, 0.25) is 25.7 Å². The highest BCUT2D eigenvalue weighted by molar-refractivity contribution is 6.76. The fourth-order valence-corrected chi connectivity index (χ4v) is 3.87. The Morgan fingerprint density at radius 2 is 1.85 bits per heavy atom. The van der Waals surface area contributed by atoms with E-state index in [1.165, 1.54) is 0 Å². The largest absolute Gasteiger partial charge is 0.453 e. The van der Waals surface area contributed by atoms with Gasteiger partial charge >= 0.3 is 12.2 Å². The fourth-order valence-electron chi connectivity index (χ4n) is 3.16. The topological polar surface area (TPSA) is 67.9 Å². The van der Waals surface area contributed by atoms with Crippen molar-refractivity contribution >= 4 is 20.3 Å². The molecule has 1 aliphatic rings. The zero-order valence-corrected chi connectivity index (χ0v) is 18.9. The van der Waals surface area contributed by atoms with Gasteiger partial charge in [0.1, 0.15) is 5.60 Å². The Labute approximate surface area is 160 Å². The number of alkyl carbamates (subject to hydrolysis) is 1. The lowest BCUT2D eigenvalue weighted by Crippen LogP contribution is -2.52. The van der Waals surface area contributed by atoms with Crippen molar-refractivity contribution in [2.75, 3.05) is 19.7 Å². The molecule has 0 aromatic carbocycles. The average molecular weight is 387 g/mol. The number of carbonyl (C=O) groups excluding carboxylic acids is 2. The van der Waals surface area contributed by atoms with E-state index in [2.05, 4.69) is 38.8 Å². The SMILES string of the molecule is CC(C)CC1(NC(=O)OCC[Si-](C)(C)C)CCN(C(=O)OC(C)(C)C)C1. The van der Waals surface area contributed by atoms with Gasteiger partial charge in [-0.1, -0.05) is 13.8 Å². The van der Waals surface area contributed by atoms with Gasteiger partial charge in [0.15, 0.2) is 0 Å². The van der Waals surface area contributed by atoms with Gasteiger partial charge in [-0.2, -0.15) is 19.6 Å². The van der Waals surface area contributed by atoms with Crippen molar-refractivity contribution in [1.82, 2.24) is 10.2 Å². The lowest BCUT2D eigenvalue weighted by Gasteiger charge is -2.33. The number of likely N-dealkylation sites (tertiary alicyclic amines) is 1. The molecule has 0 aromatic rings. The van der Waals surface area contributed by atoms with Gasteiger partial charge in [0.05, 0.1) is 12.1 Å². The molecule has 1 atom stereocenters. The third kappa shape index (κ3) is 8.43. The van der Waals surface area contributed by atoms with Gasteiger partial charge in [-0.15, -0.1) is 14.1 Å². The first-order valence-electron chi connectivity index (χ1n) is 9.64. The van der Waals surface area contributed by atoms with Gasteiger partial charge in [0.25, 0.3) is 0 Å². The molecule has 0 bridgehead atoms. The number of nitrogens with one attached hydrogen (secondary N) is 1. The second kappa shape index (κ2) is 8.63. The lowest BCUT2D eigenvalue weighted by molar-refractivity contribution is 0.0275. The summed E-state index contributed by atoms with van der Waals surface area (Å²) in [4.78, 5) is 26.4. The molecule has 1 heterocycles. The van der Waals surface area contributed by atoms with Crippen molar-refractivity contribution in [1.29, 1.82) is 0 Å². The van der Waals surface area contributed by atoms with Crippen molar-refractivity contribution in [3.05, 3.63) is 0 Å². The Morgan fingerprint density at radius 1 is 1.23 bits per heavy atom. The van der Waals surface area contributed by atoms with E-state index >= 15 is 0 Å². The molecule has 0 radical (unpaired) electrons. The monoisotopic (exact) mass is 386 g/mol. The van der Waals surface area contributed by atoms with Crippen LogP contribution in [0.5, 0.6) is 0 Å². The Morgan fingerprint density at radius 3 is 2.35 bits per heavy atom. The van der Waals surface area contributed by atoms with Gasteiger partial charge in [0, 0.05) is 13.1 Å². The summed E-state index contributed by atoms with van der Waals surface area (Å²) >= 11 is 0. The molecule has 1 aliphatic heterocycles. The number of rotatable bonds is 6. The molecule has 2 amide bonds. The number of carbonyl (C=O) groups is 2. The minimum absolute atomic E-state index is 0.322. The fraction of sp³-hybridized carbons (Fsp3) is 0.895. The predicted octanol–water partition coefficient (Wildman–Crippen LogP) is 4.48. The second-order valence-electron chi connectivity index (χ2n) is 10.1. The molecule has 0 aliphatic carbocycles. The molecule has 1 fully saturated rings. The van der Waals surface area contributed by atoms with E-state index in [4.69, 9.17) is 9.47 Å². The Balaban J connectivity index is 2.68. The summed E-state index contributed by atoms with van der Waals surface area (Å²) in [5.41, 5.74) is -0.967. The summed E-state index contributed by atoms with van der Waals surface area (Å²) in [6.07, 6.45) is 0.815. The van der Waals surface area contributed by atoms with E-state index in [0.717, 1.165) is 12.5 Å². The minimum Gasteiger partial charge on any atom is -0.453 e. The van der Waals surface area contributed by atoms with Crippen LogP contribution in [0.15, 0.2) is 0 Å². The van der Waals surface area contributed by atoms with Gasteiger partial charge in [0.2, 0.25) is 0 Å². The highest BCUT2D eigenvalue weighted by Crippen LogP contribution is 2.29. The van der Waals surface area contributed by atoms with E-state index in [1.807, 2.05) is 20.8 Å². The van der Waals surface area contributed by atoms with E-state index in [-0.39, 0.29) is 12.2 Å². The summed E-state index contributed by atoms with van der Waals surface area (Å²) in [6, 6.07) is 0.946. The maximum Gasteiger partial charge on any atom is 0.410 e. The van der Waals surface area contributed by atoms with Crippen LogP contribution in [0.4, 0.5) is 9.59 Å². The Bertz CT molecular complexity index is 497. The minimum atomic E-state index is -1.24. The van der Waals surface area contributed by atoms with Crippen LogP contribution in [-0.4, -0.2) is 56.0 Å². The van der Waals surface area contributed by atoms with E-state index in [9.17, 15) is 9.59 Å². The van der Waals surface area contributed by atoms with E-state index in [1.54, 1.807) is 4.90 Å². The maximum atomic E-state index is 12.4. The van der Waals surface area contributed by atoms with E-state index < -0.39 is 19.2 Å². The molecular weight excluding hydrogens is 348 g/mol. The van der Waals surface area contributed by atoms with Crippen molar-refractivity contribution in [2.24, 2.45) is 5.92 Å². The van der Waals surface area contributed by atoms with Crippen LogP contribution in [-0.2, 0) is 9.47 Å². The van der Waals surface area contributed by atoms with Crippen LogP contribution in [0.25, 0.3) is 0 Å². The maximum absolute atomic E-state index is 12.4. The van der Waals surface area contributed by atoms with Gasteiger partial charge in [-0.25, -0.2) is 9.59 Å². The molecular formula is C19H38N2O4Si-. The summed E-state index contributed by atoms with van der Waals surface area (Å²) in [6.45, 7) is 18.1. The quantitative estimate of drug-likeness (QED) is 0.684. The zero-order chi connectivity index (χ0) is 20.2. The van der Waals surface area contributed by atoms with Crippen LogP contribution in [0, 0.1) is 5.92 Å². The lowest BCUT2D eigenvalue weighted by atomic mass is 9.88. The van der Waals surface area contributed by atoms with Crippen molar-refractivity contribution in [2.45, 2.75) is 84.3 Å². The van der Waals surface area contributed by atoms with Crippen LogP contribution in [0.1, 0.15) is 47.5 Å². The number of hydrogen-bond acceptors (Lipinski definition) is 4. The highest BCUT2D eigenvalue weighted by Gasteiger charge is 2.43. The summed E-state index contributed by atoms with van der Waals surface area (Å²) in [7, 11) is -1.24. The third-order valence-electron chi connectivity index (χ3n) is 4.26. The first-order valence-corrected chi connectivity index (χ1v) is 13.3. The molecule has 0 aromatic heterocycles. The van der Waals surface area contributed by atoms with E-state index in [0.29, 0.717) is 32.0 Å². The summed E-state index contributed by atoms with van der Waals surface area (Å²) < 4.78 is 10.9. The van der Waals surface area contributed by atoms with Crippen LogP contribution < -0.4 is 5.32 Å². The molecule has 1 unspecified atom stereocenters. The average Bonchev–Trinajstić information content (AvgIpc) is 2.78. The third-order valence-corrected chi connectivity index (χ3v) is 5.96. The molecule has 1 rings (SSSR count). The zero-order valence-electron chi connectivity index (χ0n) is 17.9. The number of hydrogen-bond donors (Lipinski definition) is 1.